The van der Waals surface area contributed by atoms with E-state index in [1.54, 1.807) is 31.6 Å². The predicted octanol–water partition coefficient (Wildman–Crippen LogP) is 6.70. The van der Waals surface area contributed by atoms with Gasteiger partial charge in [-0.1, -0.05) is 26.0 Å². The first-order valence-electron chi connectivity index (χ1n) is 10.2. The van der Waals surface area contributed by atoms with E-state index in [0.717, 1.165) is 44.1 Å². The third kappa shape index (κ3) is 5.41. The fourth-order valence-electron chi connectivity index (χ4n) is 3.02. The fourth-order valence-corrected chi connectivity index (χ4v) is 4.88. The van der Waals surface area contributed by atoms with Crippen molar-refractivity contribution in [2.75, 3.05) is 14.2 Å². The number of rotatable bonds is 6. The topological polar surface area (TPSA) is 55.8 Å². The summed E-state index contributed by atoms with van der Waals surface area (Å²) in [5, 5.41) is -0.256. The van der Waals surface area contributed by atoms with Crippen molar-refractivity contribution in [1.82, 2.24) is 4.90 Å². The number of imide groups is 1. The molecule has 4 rings (SSSR count). The molecule has 7 heteroatoms. The number of amides is 2. The summed E-state index contributed by atoms with van der Waals surface area (Å²) in [6, 6.07) is 19.1. The fraction of sp³-hybridized carbons (Fsp3) is 0.200. The van der Waals surface area contributed by atoms with Crippen LogP contribution in [0, 0.1) is 0 Å². The maximum Gasteiger partial charge on any atom is 0.293 e. The number of thioether (sulfide) groups is 1. The van der Waals surface area contributed by atoms with Crippen molar-refractivity contribution in [3.8, 4) is 21.9 Å². The van der Waals surface area contributed by atoms with E-state index in [0.29, 0.717) is 4.91 Å². The summed E-state index contributed by atoms with van der Waals surface area (Å²) in [4.78, 5) is 28.9. The average Bonchev–Trinajstić information content (AvgIpc) is 3.41. The van der Waals surface area contributed by atoms with E-state index in [4.69, 9.17) is 9.47 Å². The summed E-state index contributed by atoms with van der Waals surface area (Å²) in [5.41, 5.74) is 1.95. The summed E-state index contributed by atoms with van der Waals surface area (Å²) in [5.74, 6) is 1.28. The molecule has 5 nitrogen and oxygen atoms in total. The van der Waals surface area contributed by atoms with E-state index in [1.165, 1.54) is 4.90 Å². The molecular formula is C25H25NO4S2. The summed E-state index contributed by atoms with van der Waals surface area (Å²) in [6.07, 6.45) is 1.79. The van der Waals surface area contributed by atoms with E-state index in [2.05, 4.69) is 0 Å². The van der Waals surface area contributed by atoms with Crippen molar-refractivity contribution in [3.63, 3.8) is 0 Å². The monoisotopic (exact) mass is 467 g/mol. The molecule has 0 radical (unpaired) electrons. The molecule has 0 N–H and O–H groups in total. The van der Waals surface area contributed by atoms with Crippen molar-refractivity contribution in [1.29, 1.82) is 0 Å². The largest absolute Gasteiger partial charge is 0.497 e. The molecule has 2 aromatic carbocycles. The van der Waals surface area contributed by atoms with Crippen LogP contribution in [0.5, 0.6) is 11.5 Å². The molecule has 1 aliphatic rings. The SMILES string of the molecule is CC.COc1ccc(CN2C(=O)S/C(=C\c3ccc(-c4ccc(OC)cc4)s3)C2=O)cc1. The van der Waals surface area contributed by atoms with Crippen LogP contribution in [0.15, 0.2) is 65.6 Å². The van der Waals surface area contributed by atoms with Crippen LogP contribution >= 0.6 is 23.1 Å². The van der Waals surface area contributed by atoms with Gasteiger partial charge in [0.1, 0.15) is 11.5 Å². The zero-order chi connectivity index (χ0) is 23.1. The quantitative estimate of drug-likeness (QED) is 0.378. The van der Waals surface area contributed by atoms with Gasteiger partial charge in [-0.3, -0.25) is 14.5 Å². The molecule has 166 valence electrons. The lowest BCUT2D eigenvalue weighted by Crippen LogP contribution is -2.27. The van der Waals surface area contributed by atoms with Gasteiger partial charge in [0, 0.05) is 9.75 Å². The Kier molecular flexibility index (Phi) is 8.14. The lowest BCUT2D eigenvalue weighted by molar-refractivity contribution is -0.123. The van der Waals surface area contributed by atoms with Crippen LogP contribution in [0.3, 0.4) is 0 Å². The number of nitrogens with zero attached hydrogens (tertiary/aromatic N) is 1. The summed E-state index contributed by atoms with van der Waals surface area (Å²) in [7, 11) is 3.24. The number of hydrogen-bond acceptors (Lipinski definition) is 6. The maximum absolute atomic E-state index is 12.8. The van der Waals surface area contributed by atoms with Crippen LogP contribution in [0.4, 0.5) is 4.79 Å². The Hall–Kier alpha value is -3.03. The van der Waals surface area contributed by atoms with Crippen molar-refractivity contribution in [2.45, 2.75) is 20.4 Å². The summed E-state index contributed by atoms with van der Waals surface area (Å²) >= 11 is 2.55. The number of benzene rings is 2. The van der Waals surface area contributed by atoms with Crippen LogP contribution in [0.2, 0.25) is 0 Å². The standard InChI is InChI=1S/C23H19NO4S2.C2H6/c1-27-17-7-3-15(4-8-17)14-24-22(25)21(30-23(24)26)13-19-11-12-20(29-19)16-5-9-18(28-2)10-6-16;1-2/h3-13H,14H2,1-2H3;1-2H3/b21-13-;. The molecule has 2 amide bonds. The van der Waals surface area contributed by atoms with Gasteiger partial charge in [-0.25, -0.2) is 0 Å². The average molecular weight is 468 g/mol. The number of hydrogen-bond donors (Lipinski definition) is 0. The van der Waals surface area contributed by atoms with Gasteiger partial charge in [-0.2, -0.15) is 0 Å². The molecule has 0 spiro atoms. The molecule has 1 saturated heterocycles. The Balaban J connectivity index is 0.00000141. The van der Waals surface area contributed by atoms with E-state index in [-0.39, 0.29) is 17.7 Å². The minimum Gasteiger partial charge on any atom is -0.497 e. The van der Waals surface area contributed by atoms with Crippen molar-refractivity contribution >= 4 is 40.3 Å². The molecule has 0 aliphatic carbocycles. The van der Waals surface area contributed by atoms with Crippen molar-refractivity contribution < 1.29 is 19.1 Å². The molecule has 32 heavy (non-hydrogen) atoms. The van der Waals surface area contributed by atoms with Crippen LogP contribution in [-0.4, -0.2) is 30.3 Å². The first-order chi connectivity index (χ1) is 15.6. The van der Waals surface area contributed by atoms with Crippen molar-refractivity contribution in [2.24, 2.45) is 0 Å². The molecule has 0 unspecified atom stereocenters. The number of thiophene rings is 1. The third-order valence-corrected chi connectivity index (χ3v) is 6.64. The van der Waals surface area contributed by atoms with Gasteiger partial charge in [0.25, 0.3) is 11.1 Å². The highest BCUT2D eigenvalue weighted by atomic mass is 32.2. The van der Waals surface area contributed by atoms with Gasteiger partial charge in [-0.05, 0) is 77.5 Å². The molecule has 0 saturated carbocycles. The lowest BCUT2D eigenvalue weighted by Gasteiger charge is -2.12. The van der Waals surface area contributed by atoms with E-state index in [9.17, 15) is 9.59 Å². The number of carbonyl (C=O) groups excluding carboxylic acids is 2. The first-order valence-corrected chi connectivity index (χ1v) is 11.8. The van der Waals surface area contributed by atoms with Gasteiger partial charge in [0.2, 0.25) is 0 Å². The van der Waals surface area contributed by atoms with E-state index < -0.39 is 0 Å². The molecule has 1 aromatic heterocycles. The highest BCUT2D eigenvalue weighted by Crippen LogP contribution is 2.36. The van der Waals surface area contributed by atoms with Gasteiger partial charge in [-0.15, -0.1) is 11.3 Å². The van der Waals surface area contributed by atoms with E-state index in [1.807, 2.05) is 74.5 Å². The predicted molar refractivity (Wildman–Crippen MR) is 132 cm³/mol. The third-order valence-electron chi connectivity index (χ3n) is 4.65. The highest BCUT2D eigenvalue weighted by Gasteiger charge is 2.35. The summed E-state index contributed by atoms with van der Waals surface area (Å²) in [6.45, 7) is 4.24. The number of ether oxygens (including phenoxy) is 2. The van der Waals surface area contributed by atoms with Crippen LogP contribution < -0.4 is 9.47 Å². The minimum atomic E-state index is -0.264. The van der Waals surface area contributed by atoms with Gasteiger partial charge >= 0.3 is 0 Å². The van der Waals surface area contributed by atoms with Gasteiger partial charge < -0.3 is 9.47 Å². The lowest BCUT2D eigenvalue weighted by atomic mass is 10.2. The van der Waals surface area contributed by atoms with Gasteiger partial charge in [0.15, 0.2) is 0 Å². The second-order valence-electron chi connectivity index (χ2n) is 6.55. The second kappa shape index (κ2) is 11.0. The molecule has 3 aromatic rings. The second-order valence-corrected chi connectivity index (χ2v) is 8.65. The Labute approximate surface area is 196 Å². The minimum absolute atomic E-state index is 0.244. The molecule has 0 atom stereocenters. The Morgan fingerprint density at radius 2 is 1.44 bits per heavy atom. The smallest absolute Gasteiger partial charge is 0.293 e. The number of carbonyl (C=O) groups is 2. The zero-order valence-corrected chi connectivity index (χ0v) is 20.1. The summed E-state index contributed by atoms with van der Waals surface area (Å²) < 4.78 is 10.3. The Morgan fingerprint density at radius 3 is 2.03 bits per heavy atom. The molecular weight excluding hydrogens is 442 g/mol. The Morgan fingerprint density at radius 1 is 0.844 bits per heavy atom. The number of methoxy groups -OCH3 is 2. The zero-order valence-electron chi connectivity index (χ0n) is 18.5. The van der Waals surface area contributed by atoms with Crippen LogP contribution in [-0.2, 0) is 11.3 Å². The molecule has 2 heterocycles. The Bertz CT molecular complexity index is 1100. The molecule has 0 bridgehead atoms. The molecule has 1 fully saturated rings. The first kappa shape index (κ1) is 23.6. The van der Waals surface area contributed by atoms with Gasteiger partial charge in [0.05, 0.1) is 25.7 Å². The normalized spacial score (nSPS) is 14.4. The molecule has 1 aliphatic heterocycles. The van der Waals surface area contributed by atoms with E-state index >= 15 is 0 Å². The van der Waals surface area contributed by atoms with Crippen LogP contribution in [0.25, 0.3) is 16.5 Å². The van der Waals surface area contributed by atoms with Crippen molar-refractivity contribution in [3.05, 3.63) is 76.0 Å². The van der Waals surface area contributed by atoms with Crippen LogP contribution in [0.1, 0.15) is 24.3 Å². The maximum atomic E-state index is 12.8. The highest BCUT2D eigenvalue weighted by molar-refractivity contribution is 8.18.